The fraction of sp³-hybridized carbons (Fsp3) is 0.727. The van der Waals surface area contributed by atoms with Crippen LogP contribution in [0.4, 0.5) is 0 Å². The molecule has 2 bridgehead atoms. The second-order valence-corrected chi connectivity index (χ2v) is 6.41. The third-order valence-electron chi connectivity index (χ3n) is 3.57. The van der Waals surface area contributed by atoms with Crippen LogP contribution >= 0.6 is 11.8 Å². The second kappa shape index (κ2) is 3.25. The lowest BCUT2D eigenvalue weighted by Crippen LogP contribution is -2.34. The maximum absolute atomic E-state index is 10.7. The third-order valence-corrected chi connectivity index (χ3v) is 5.14. The number of aryl methyl sites for hydroxylation is 1. The molecule has 15 heavy (non-hydrogen) atoms. The zero-order valence-electron chi connectivity index (χ0n) is 8.89. The fourth-order valence-electron chi connectivity index (χ4n) is 2.81. The van der Waals surface area contributed by atoms with Crippen molar-refractivity contribution in [1.82, 2.24) is 9.78 Å². The van der Waals surface area contributed by atoms with E-state index in [1.165, 1.54) is 12.8 Å². The van der Waals surface area contributed by atoms with E-state index < -0.39 is 5.60 Å². The first-order valence-electron chi connectivity index (χ1n) is 5.53. The van der Waals surface area contributed by atoms with Crippen LogP contribution in [-0.4, -0.2) is 25.4 Å². The van der Waals surface area contributed by atoms with Gasteiger partial charge in [0.2, 0.25) is 0 Å². The molecule has 2 unspecified atom stereocenters. The number of aromatic nitrogens is 2. The van der Waals surface area contributed by atoms with Gasteiger partial charge in [0.1, 0.15) is 0 Å². The van der Waals surface area contributed by atoms with Crippen molar-refractivity contribution in [1.29, 1.82) is 0 Å². The summed E-state index contributed by atoms with van der Waals surface area (Å²) in [6.45, 7) is 0. The van der Waals surface area contributed by atoms with Crippen molar-refractivity contribution in [2.24, 2.45) is 7.05 Å². The van der Waals surface area contributed by atoms with Crippen LogP contribution in [0.3, 0.4) is 0 Å². The van der Waals surface area contributed by atoms with Crippen LogP contribution in [0, 0.1) is 0 Å². The molecule has 3 rings (SSSR count). The molecule has 0 aromatic carbocycles. The molecule has 3 nitrogen and oxygen atoms in total. The SMILES string of the molecule is Cn1cc(C2(O)CC3CCC(C2)S3)cn1. The van der Waals surface area contributed by atoms with Crippen molar-refractivity contribution >= 4 is 11.8 Å². The van der Waals surface area contributed by atoms with Gasteiger partial charge < -0.3 is 5.11 Å². The van der Waals surface area contributed by atoms with Crippen LogP contribution in [-0.2, 0) is 12.6 Å². The number of fused-ring (bicyclic) bond motifs is 2. The lowest BCUT2D eigenvalue weighted by Gasteiger charge is -2.35. The van der Waals surface area contributed by atoms with E-state index in [2.05, 4.69) is 16.9 Å². The monoisotopic (exact) mass is 224 g/mol. The van der Waals surface area contributed by atoms with Crippen molar-refractivity contribution in [3.05, 3.63) is 18.0 Å². The zero-order chi connectivity index (χ0) is 10.5. The van der Waals surface area contributed by atoms with E-state index in [0.717, 1.165) is 18.4 Å². The Bertz CT molecular complexity index is 364. The standard InChI is InChI=1S/C11H16N2OS/c1-13-7-8(6-12-13)11(14)4-9-2-3-10(5-11)15-9/h6-7,9-10,14H,2-5H2,1H3. The molecule has 2 saturated heterocycles. The van der Waals surface area contributed by atoms with Gasteiger partial charge in [-0.25, -0.2) is 0 Å². The Labute approximate surface area is 93.9 Å². The van der Waals surface area contributed by atoms with Crippen LogP contribution in [0.2, 0.25) is 0 Å². The quantitative estimate of drug-likeness (QED) is 0.788. The lowest BCUT2D eigenvalue weighted by atomic mass is 9.88. The van der Waals surface area contributed by atoms with Gasteiger partial charge in [0.25, 0.3) is 0 Å². The van der Waals surface area contributed by atoms with Gasteiger partial charge in [0.05, 0.1) is 11.8 Å². The van der Waals surface area contributed by atoms with Crippen molar-refractivity contribution in [3.63, 3.8) is 0 Å². The van der Waals surface area contributed by atoms with Crippen LogP contribution in [0.5, 0.6) is 0 Å². The normalized spacial score (nSPS) is 39.6. The molecule has 3 heterocycles. The highest BCUT2D eigenvalue weighted by molar-refractivity contribution is 8.00. The molecule has 2 atom stereocenters. The average molecular weight is 224 g/mol. The van der Waals surface area contributed by atoms with Gasteiger partial charge in [-0.3, -0.25) is 4.68 Å². The van der Waals surface area contributed by atoms with Gasteiger partial charge in [0.15, 0.2) is 0 Å². The smallest absolute Gasteiger partial charge is 0.0947 e. The molecular weight excluding hydrogens is 208 g/mol. The number of nitrogens with zero attached hydrogens (tertiary/aromatic N) is 2. The maximum Gasteiger partial charge on any atom is 0.0947 e. The highest BCUT2D eigenvalue weighted by atomic mass is 32.2. The highest BCUT2D eigenvalue weighted by Crippen LogP contribution is 2.50. The van der Waals surface area contributed by atoms with Gasteiger partial charge >= 0.3 is 0 Å². The van der Waals surface area contributed by atoms with E-state index in [4.69, 9.17) is 0 Å². The molecule has 2 aliphatic heterocycles. The molecule has 82 valence electrons. The molecule has 4 heteroatoms. The number of aliphatic hydroxyl groups is 1. The molecule has 0 saturated carbocycles. The minimum atomic E-state index is -0.606. The summed E-state index contributed by atoms with van der Waals surface area (Å²) in [6, 6.07) is 0. The Hall–Kier alpha value is -0.480. The Kier molecular flexibility index (Phi) is 2.11. The van der Waals surface area contributed by atoms with Crippen LogP contribution in [0.15, 0.2) is 12.4 Å². The van der Waals surface area contributed by atoms with Crippen molar-refractivity contribution in [2.45, 2.75) is 41.8 Å². The topological polar surface area (TPSA) is 38.0 Å². The van der Waals surface area contributed by atoms with E-state index in [1.807, 2.05) is 19.4 Å². The van der Waals surface area contributed by atoms with Crippen molar-refractivity contribution in [2.75, 3.05) is 0 Å². The van der Waals surface area contributed by atoms with E-state index in [9.17, 15) is 5.11 Å². The van der Waals surface area contributed by atoms with Gasteiger partial charge in [0, 0.05) is 29.3 Å². The second-order valence-electron chi connectivity index (χ2n) is 4.80. The molecule has 0 aliphatic carbocycles. The minimum Gasteiger partial charge on any atom is -0.385 e. The summed E-state index contributed by atoms with van der Waals surface area (Å²) in [7, 11) is 1.90. The van der Waals surface area contributed by atoms with Crippen LogP contribution in [0.25, 0.3) is 0 Å². The summed E-state index contributed by atoms with van der Waals surface area (Å²) in [6.07, 6.45) is 8.13. The van der Waals surface area contributed by atoms with Gasteiger partial charge in [-0.1, -0.05) is 0 Å². The molecule has 2 fully saturated rings. The molecule has 0 amide bonds. The number of hydrogen-bond acceptors (Lipinski definition) is 3. The average Bonchev–Trinajstić information content (AvgIpc) is 2.74. The largest absolute Gasteiger partial charge is 0.385 e. The third kappa shape index (κ3) is 1.60. The minimum absolute atomic E-state index is 0.606. The van der Waals surface area contributed by atoms with E-state index in [1.54, 1.807) is 4.68 Å². The summed E-state index contributed by atoms with van der Waals surface area (Å²) in [5, 5.41) is 16.1. The van der Waals surface area contributed by atoms with Crippen molar-refractivity contribution < 1.29 is 5.11 Å². The summed E-state index contributed by atoms with van der Waals surface area (Å²) in [4.78, 5) is 0. The Morgan fingerprint density at radius 1 is 1.47 bits per heavy atom. The fourth-order valence-corrected chi connectivity index (χ4v) is 4.65. The van der Waals surface area contributed by atoms with Gasteiger partial charge in [-0.2, -0.15) is 16.9 Å². The van der Waals surface area contributed by atoms with E-state index in [-0.39, 0.29) is 0 Å². The molecule has 1 N–H and O–H groups in total. The number of thioether (sulfide) groups is 1. The Morgan fingerprint density at radius 3 is 2.67 bits per heavy atom. The predicted octanol–water partition coefficient (Wildman–Crippen LogP) is 1.67. The molecule has 0 spiro atoms. The summed E-state index contributed by atoms with van der Waals surface area (Å²) in [5.74, 6) is 0. The Balaban J connectivity index is 1.90. The van der Waals surface area contributed by atoms with Gasteiger partial charge in [-0.15, -0.1) is 0 Å². The predicted molar refractivity (Wildman–Crippen MR) is 60.7 cm³/mol. The molecular formula is C11H16N2OS. The molecule has 1 aromatic rings. The lowest BCUT2D eigenvalue weighted by molar-refractivity contribution is 0.0196. The van der Waals surface area contributed by atoms with Crippen LogP contribution in [0.1, 0.15) is 31.2 Å². The summed E-state index contributed by atoms with van der Waals surface area (Å²) >= 11 is 2.07. The number of rotatable bonds is 1. The number of hydrogen-bond donors (Lipinski definition) is 1. The Morgan fingerprint density at radius 2 is 2.13 bits per heavy atom. The highest BCUT2D eigenvalue weighted by Gasteiger charge is 2.44. The van der Waals surface area contributed by atoms with Crippen LogP contribution < -0.4 is 0 Å². The zero-order valence-corrected chi connectivity index (χ0v) is 9.70. The summed E-state index contributed by atoms with van der Waals surface area (Å²) in [5.41, 5.74) is 0.396. The van der Waals surface area contributed by atoms with E-state index in [0.29, 0.717) is 10.5 Å². The first-order valence-corrected chi connectivity index (χ1v) is 6.47. The maximum atomic E-state index is 10.7. The van der Waals surface area contributed by atoms with Gasteiger partial charge in [-0.05, 0) is 25.7 Å². The molecule has 2 aliphatic rings. The first kappa shape index (κ1) is 9.73. The molecule has 1 aromatic heterocycles. The molecule has 0 radical (unpaired) electrons. The summed E-state index contributed by atoms with van der Waals surface area (Å²) < 4.78 is 1.77. The van der Waals surface area contributed by atoms with E-state index >= 15 is 0 Å². The first-order chi connectivity index (χ1) is 7.16. The van der Waals surface area contributed by atoms with Crippen molar-refractivity contribution in [3.8, 4) is 0 Å².